The average molecular weight is 509 g/mol. The third kappa shape index (κ3) is 5.08. The highest BCUT2D eigenvalue weighted by Gasteiger charge is 2.13. The summed E-state index contributed by atoms with van der Waals surface area (Å²) in [7, 11) is -1.36. The van der Waals surface area contributed by atoms with Gasteiger partial charge in [-0.05, 0) is 58.7 Å². The van der Waals surface area contributed by atoms with Crippen LogP contribution in [0.4, 0.5) is 0 Å². The van der Waals surface area contributed by atoms with Crippen molar-refractivity contribution in [1.82, 2.24) is 9.97 Å². The van der Waals surface area contributed by atoms with Gasteiger partial charge in [-0.3, -0.25) is 9.97 Å². The van der Waals surface area contributed by atoms with Crippen LogP contribution in [0.2, 0.25) is 0 Å². The zero-order valence-corrected chi connectivity index (χ0v) is 21.4. The summed E-state index contributed by atoms with van der Waals surface area (Å²) in [5, 5.41) is 2.18. The fourth-order valence-electron chi connectivity index (χ4n) is 4.42. The molecule has 4 aromatic carbocycles. The number of benzene rings is 4. The van der Waals surface area contributed by atoms with E-state index in [1.165, 1.54) is 0 Å². The normalized spacial score (nSPS) is 11.8. The molecule has 0 aliphatic carbocycles. The molecule has 6 aromatic rings. The monoisotopic (exact) mass is 508 g/mol. The lowest BCUT2D eigenvalue weighted by molar-refractivity contribution is 0.683. The number of hydrogen-bond donors (Lipinski definition) is 0. The Labute approximate surface area is 224 Å². The van der Waals surface area contributed by atoms with Gasteiger partial charge < -0.3 is 0 Å². The first-order valence-electron chi connectivity index (χ1n) is 12.4. The number of fused-ring (bicyclic) bond motifs is 2. The van der Waals surface area contributed by atoms with Gasteiger partial charge in [0.15, 0.2) is 0 Å². The zero-order chi connectivity index (χ0) is 25.7. The molecule has 0 amide bonds. The van der Waals surface area contributed by atoms with Gasteiger partial charge in [0.05, 0.1) is 31.6 Å². The van der Waals surface area contributed by atoms with Gasteiger partial charge in [-0.15, -0.1) is 0 Å². The van der Waals surface area contributed by atoms with E-state index in [1.54, 1.807) is 0 Å². The molecule has 2 heterocycles. The Morgan fingerprint density at radius 2 is 0.921 bits per heavy atom. The van der Waals surface area contributed by atoms with Gasteiger partial charge in [0, 0.05) is 23.2 Å². The largest absolute Gasteiger partial charge is 0.256 e. The molecule has 0 radical (unpaired) electrons. The summed E-state index contributed by atoms with van der Waals surface area (Å²) in [6.45, 7) is 0. The van der Waals surface area contributed by atoms with E-state index in [0.29, 0.717) is 0 Å². The van der Waals surface area contributed by atoms with Crippen LogP contribution in [0, 0.1) is 0 Å². The molecule has 0 unspecified atom stereocenters. The van der Waals surface area contributed by atoms with Crippen molar-refractivity contribution < 1.29 is 4.21 Å². The highest BCUT2D eigenvalue weighted by Crippen LogP contribution is 2.26. The predicted molar refractivity (Wildman–Crippen MR) is 159 cm³/mol. The van der Waals surface area contributed by atoms with E-state index < -0.39 is 10.8 Å². The van der Waals surface area contributed by atoms with Crippen LogP contribution in [0.5, 0.6) is 0 Å². The minimum Gasteiger partial charge on any atom is -0.256 e. The predicted octanol–water partition coefficient (Wildman–Crippen LogP) is 8.29. The van der Waals surface area contributed by atoms with Gasteiger partial charge in [0.1, 0.15) is 0 Å². The molecule has 0 saturated heterocycles. The van der Waals surface area contributed by atoms with Crippen molar-refractivity contribution in [1.29, 1.82) is 0 Å². The lowest BCUT2D eigenvalue weighted by atomic mass is 10.1. The fraction of sp³-hybridized carbons (Fsp3) is 0. The number of aromatic nitrogens is 2. The van der Waals surface area contributed by atoms with E-state index in [4.69, 9.17) is 0 Å². The molecule has 2 aromatic heterocycles. The molecular weight excluding hydrogens is 484 g/mol. The number of para-hydroxylation sites is 2. The van der Waals surface area contributed by atoms with E-state index in [-0.39, 0.29) is 0 Å². The molecule has 0 saturated carbocycles. The van der Waals surface area contributed by atoms with Gasteiger partial charge >= 0.3 is 0 Å². The van der Waals surface area contributed by atoms with Crippen LogP contribution in [-0.4, -0.2) is 14.2 Å². The van der Waals surface area contributed by atoms with Crippen molar-refractivity contribution in [3.8, 4) is 0 Å². The second-order valence-electron chi connectivity index (χ2n) is 8.93. The Balaban J connectivity index is 1.30. The molecular formula is C34H24N2OS. The van der Waals surface area contributed by atoms with E-state index in [9.17, 15) is 4.21 Å². The molecule has 0 aliphatic heterocycles. The van der Waals surface area contributed by atoms with Gasteiger partial charge in [0.2, 0.25) is 0 Å². The minimum absolute atomic E-state index is 0.769. The molecule has 6 rings (SSSR count). The zero-order valence-electron chi connectivity index (χ0n) is 20.6. The van der Waals surface area contributed by atoms with Crippen LogP contribution in [0.15, 0.2) is 131 Å². The van der Waals surface area contributed by atoms with Crippen LogP contribution in [0.1, 0.15) is 22.3 Å². The first kappa shape index (κ1) is 23.7. The standard InChI is InChI=1S/C34H24N2OS/c37-38(33-15-7-3-9-27(33)19-17-25-21-29-11-1-5-13-31(29)35-23-25)34-16-8-4-10-28(34)20-18-26-22-30-12-2-6-14-32(30)36-24-26/h1-24H/b19-17+,20-18+. The lowest BCUT2D eigenvalue weighted by Gasteiger charge is -2.09. The number of pyridine rings is 2. The Kier molecular flexibility index (Phi) is 6.71. The van der Waals surface area contributed by atoms with Crippen molar-refractivity contribution >= 4 is 56.9 Å². The molecule has 0 aliphatic rings. The second-order valence-corrected chi connectivity index (χ2v) is 10.4. The summed E-state index contributed by atoms with van der Waals surface area (Å²) >= 11 is 0. The summed E-state index contributed by atoms with van der Waals surface area (Å²) in [6.07, 6.45) is 11.8. The number of nitrogens with zero attached hydrogens (tertiary/aromatic N) is 2. The van der Waals surface area contributed by atoms with Gasteiger partial charge in [-0.25, -0.2) is 4.21 Å². The van der Waals surface area contributed by atoms with Crippen LogP contribution in [0.3, 0.4) is 0 Å². The summed E-state index contributed by atoms with van der Waals surface area (Å²) in [5.74, 6) is 0. The summed E-state index contributed by atoms with van der Waals surface area (Å²) in [5.41, 5.74) is 5.76. The summed E-state index contributed by atoms with van der Waals surface area (Å²) in [6, 6.07) is 36.0. The Morgan fingerprint density at radius 1 is 0.500 bits per heavy atom. The van der Waals surface area contributed by atoms with Gasteiger partial charge in [-0.2, -0.15) is 0 Å². The highest BCUT2D eigenvalue weighted by atomic mass is 32.2. The van der Waals surface area contributed by atoms with Gasteiger partial charge in [-0.1, -0.05) is 97.1 Å². The van der Waals surface area contributed by atoms with Crippen molar-refractivity contribution in [2.75, 3.05) is 0 Å². The van der Waals surface area contributed by atoms with Crippen molar-refractivity contribution in [2.45, 2.75) is 9.79 Å². The molecule has 38 heavy (non-hydrogen) atoms. The fourth-order valence-corrected chi connectivity index (χ4v) is 5.76. The number of hydrogen-bond acceptors (Lipinski definition) is 3. The number of rotatable bonds is 6. The van der Waals surface area contributed by atoms with E-state index >= 15 is 0 Å². The molecule has 4 heteroatoms. The molecule has 3 nitrogen and oxygen atoms in total. The van der Waals surface area contributed by atoms with Crippen molar-refractivity contribution in [2.24, 2.45) is 0 Å². The Bertz CT molecular complexity index is 1720. The smallest absolute Gasteiger partial charge is 0.0861 e. The molecule has 0 fully saturated rings. The SMILES string of the molecule is O=S(c1ccccc1/C=C/c1cnc2ccccc2c1)c1ccccc1/C=C/c1cnc2ccccc2c1. The van der Waals surface area contributed by atoms with Crippen LogP contribution in [0.25, 0.3) is 46.1 Å². The van der Waals surface area contributed by atoms with Crippen LogP contribution in [-0.2, 0) is 10.8 Å². The lowest BCUT2D eigenvalue weighted by Crippen LogP contribution is -1.98. The maximum absolute atomic E-state index is 13.9. The van der Waals surface area contributed by atoms with E-state index in [0.717, 1.165) is 53.9 Å². The molecule has 182 valence electrons. The minimum atomic E-state index is -1.36. The highest BCUT2D eigenvalue weighted by molar-refractivity contribution is 7.85. The molecule has 0 bridgehead atoms. The van der Waals surface area contributed by atoms with Gasteiger partial charge in [0.25, 0.3) is 0 Å². The maximum Gasteiger partial charge on any atom is 0.0861 e. The summed E-state index contributed by atoms with van der Waals surface area (Å²) < 4.78 is 13.9. The first-order valence-corrected chi connectivity index (χ1v) is 13.6. The first-order chi connectivity index (χ1) is 18.7. The molecule has 0 atom stereocenters. The van der Waals surface area contributed by atoms with E-state index in [1.807, 2.05) is 122 Å². The second kappa shape index (κ2) is 10.8. The average Bonchev–Trinajstić information content (AvgIpc) is 2.98. The Morgan fingerprint density at radius 3 is 1.42 bits per heavy atom. The molecule has 0 N–H and O–H groups in total. The topological polar surface area (TPSA) is 42.9 Å². The van der Waals surface area contributed by atoms with Crippen molar-refractivity contribution in [3.63, 3.8) is 0 Å². The van der Waals surface area contributed by atoms with Crippen LogP contribution >= 0.6 is 0 Å². The Hall–Kier alpha value is -4.67. The summed E-state index contributed by atoms with van der Waals surface area (Å²) in [4.78, 5) is 10.6. The third-order valence-corrected chi connectivity index (χ3v) is 7.91. The van der Waals surface area contributed by atoms with E-state index in [2.05, 4.69) is 34.2 Å². The maximum atomic E-state index is 13.9. The third-order valence-electron chi connectivity index (χ3n) is 6.37. The van der Waals surface area contributed by atoms with Crippen molar-refractivity contribution in [3.05, 3.63) is 144 Å². The quantitative estimate of drug-likeness (QED) is 0.227. The molecule has 0 spiro atoms. The van der Waals surface area contributed by atoms with Crippen LogP contribution < -0.4 is 0 Å².